The minimum Gasteiger partial charge on any atom is -0.355 e. The van der Waals surface area contributed by atoms with Gasteiger partial charge in [0, 0.05) is 27.6 Å². The van der Waals surface area contributed by atoms with E-state index < -0.39 is 0 Å². The van der Waals surface area contributed by atoms with Gasteiger partial charge in [0.25, 0.3) is 0 Å². The molecule has 1 heteroatoms. The van der Waals surface area contributed by atoms with Crippen molar-refractivity contribution in [2.75, 3.05) is 0 Å². The highest BCUT2D eigenvalue weighted by atomic mass is 14.7. The Balaban J connectivity index is 0.000000574. The second kappa shape index (κ2) is 4.85. The number of benzene rings is 1. The fourth-order valence-corrected chi connectivity index (χ4v) is 2.15. The lowest BCUT2D eigenvalue weighted by Crippen LogP contribution is -2.00. The number of rotatable bonds is 0. The Hall–Kier alpha value is -1.76. The van der Waals surface area contributed by atoms with Gasteiger partial charge in [0.1, 0.15) is 0 Å². The fraction of sp³-hybridized carbons (Fsp3) is 0.294. The van der Waals surface area contributed by atoms with Crippen molar-refractivity contribution in [3.05, 3.63) is 47.7 Å². The highest BCUT2D eigenvalue weighted by Crippen LogP contribution is 2.31. The summed E-state index contributed by atoms with van der Waals surface area (Å²) in [6.07, 6.45) is 8.92. The average molecular weight is 239 g/mol. The van der Waals surface area contributed by atoms with Gasteiger partial charge in [-0.1, -0.05) is 64.1 Å². The molecule has 1 heterocycles. The second-order valence-corrected chi connectivity index (χ2v) is 4.99. The van der Waals surface area contributed by atoms with Crippen LogP contribution in [0.1, 0.15) is 39.0 Å². The van der Waals surface area contributed by atoms with Crippen LogP contribution < -0.4 is 0 Å². The average Bonchev–Trinajstić information content (AvgIpc) is 2.67. The summed E-state index contributed by atoms with van der Waals surface area (Å²) in [6, 6.07) is 8.44. The molecule has 1 nitrogen and oxygen atoms in total. The lowest BCUT2D eigenvalue weighted by Gasteiger charge is -2.12. The highest BCUT2D eigenvalue weighted by Gasteiger charge is 2.15. The Bertz CT molecular complexity index is 597. The summed E-state index contributed by atoms with van der Waals surface area (Å²) < 4.78 is 0. The molecule has 0 atom stereocenters. The smallest absolute Gasteiger partial charge is 0.0464 e. The van der Waals surface area contributed by atoms with E-state index in [1.807, 2.05) is 13.8 Å². The van der Waals surface area contributed by atoms with Crippen LogP contribution in [0.25, 0.3) is 23.1 Å². The minimum atomic E-state index is 0.140. The van der Waals surface area contributed by atoms with E-state index in [1.54, 1.807) is 0 Å². The molecule has 0 bridgehead atoms. The van der Waals surface area contributed by atoms with Gasteiger partial charge in [0.15, 0.2) is 0 Å². The van der Waals surface area contributed by atoms with Crippen LogP contribution in [-0.2, 0) is 0 Å². The third kappa shape index (κ3) is 2.26. The van der Waals surface area contributed by atoms with Crippen molar-refractivity contribution in [2.45, 2.75) is 27.7 Å². The fourth-order valence-electron chi connectivity index (χ4n) is 2.15. The second-order valence-electron chi connectivity index (χ2n) is 4.99. The lowest BCUT2D eigenvalue weighted by atomic mass is 9.93. The maximum absolute atomic E-state index is 3.46. The summed E-state index contributed by atoms with van der Waals surface area (Å²) >= 11 is 0. The zero-order valence-electron chi connectivity index (χ0n) is 11.6. The largest absolute Gasteiger partial charge is 0.355 e. The quantitative estimate of drug-likeness (QED) is 0.645. The van der Waals surface area contributed by atoms with E-state index in [2.05, 4.69) is 67.4 Å². The molecule has 1 aliphatic carbocycles. The zero-order valence-corrected chi connectivity index (χ0v) is 11.6. The van der Waals surface area contributed by atoms with Crippen LogP contribution in [0, 0.1) is 5.41 Å². The van der Waals surface area contributed by atoms with E-state index in [1.165, 1.54) is 22.2 Å². The number of hydrogen-bond acceptors (Lipinski definition) is 0. The number of allylic oxidation sites excluding steroid dienone is 2. The maximum Gasteiger partial charge on any atom is 0.0464 e. The number of aromatic amines is 1. The maximum atomic E-state index is 3.46. The Labute approximate surface area is 109 Å². The normalized spacial score (nSPS) is 15.8. The number of nitrogens with one attached hydrogen (secondary N) is 1. The molecule has 0 radical (unpaired) electrons. The van der Waals surface area contributed by atoms with Crippen LogP contribution in [0.3, 0.4) is 0 Å². The number of aromatic nitrogens is 1. The van der Waals surface area contributed by atoms with E-state index >= 15 is 0 Å². The van der Waals surface area contributed by atoms with Crippen LogP contribution in [0.5, 0.6) is 0 Å². The molecule has 0 saturated carbocycles. The molecule has 1 aromatic carbocycles. The van der Waals surface area contributed by atoms with Crippen LogP contribution >= 0.6 is 0 Å². The molecular formula is C17H21N. The topological polar surface area (TPSA) is 15.8 Å². The van der Waals surface area contributed by atoms with Crippen molar-refractivity contribution in [1.82, 2.24) is 4.98 Å². The third-order valence-electron chi connectivity index (χ3n) is 3.14. The Kier molecular flexibility index (Phi) is 3.42. The molecule has 3 rings (SSSR count). The van der Waals surface area contributed by atoms with Crippen molar-refractivity contribution in [3.8, 4) is 0 Å². The van der Waals surface area contributed by atoms with Crippen molar-refractivity contribution in [2.24, 2.45) is 5.41 Å². The van der Waals surface area contributed by atoms with Crippen LogP contribution in [0.15, 0.2) is 36.4 Å². The lowest BCUT2D eigenvalue weighted by molar-refractivity contribution is 0.633. The summed E-state index contributed by atoms with van der Waals surface area (Å²) in [6.45, 7) is 8.43. The molecule has 94 valence electrons. The molecule has 0 unspecified atom stereocenters. The van der Waals surface area contributed by atoms with Crippen LogP contribution in [0.4, 0.5) is 0 Å². The van der Waals surface area contributed by atoms with E-state index in [4.69, 9.17) is 0 Å². The van der Waals surface area contributed by atoms with Gasteiger partial charge in [-0.3, -0.25) is 0 Å². The van der Waals surface area contributed by atoms with Crippen LogP contribution in [0.2, 0.25) is 0 Å². The first-order chi connectivity index (χ1) is 8.66. The SMILES string of the molecule is CC.CC1(C)C=Cc2[nH]c3ccccc3c2C=C1. The molecule has 1 N–H and O–H groups in total. The third-order valence-corrected chi connectivity index (χ3v) is 3.14. The predicted octanol–water partition coefficient (Wildman–Crippen LogP) is 5.26. The van der Waals surface area contributed by atoms with Crippen LogP contribution in [-0.4, -0.2) is 4.98 Å². The van der Waals surface area contributed by atoms with Gasteiger partial charge in [-0.05, 0) is 12.1 Å². The first kappa shape index (κ1) is 12.7. The molecule has 0 saturated heterocycles. The molecule has 1 aliphatic rings. The summed E-state index contributed by atoms with van der Waals surface area (Å²) in [5.41, 5.74) is 3.86. The number of para-hydroxylation sites is 1. The number of H-pyrrole nitrogens is 1. The van der Waals surface area contributed by atoms with E-state index in [-0.39, 0.29) is 5.41 Å². The molecule has 2 aromatic rings. The van der Waals surface area contributed by atoms with Gasteiger partial charge in [0.05, 0.1) is 0 Å². The van der Waals surface area contributed by atoms with E-state index in [9.17, 15) is 0 Å². The summed E-state index contributed by atoms with van der Waals surface area (Å²) in [5.74, 6) is 0. The zero-order chi connectivity index (χ0) is 13.2. The molecule has 0 fully saturated rings. The summed E-state index contributed by atoms with van der Waals surface area (Å²) in [4.78, 5) is 3.46. The molecule has 1 aromatic heterocycles. The standard InChI is InChI=1S/C15H15N.C2H6/c1-15(2)9-7-12-11-5-3-4-6-13(11)16-14(12)8-10-15;1-2/h3-10,16H,1-2H3;1-2H3. The molecule has 0 spiro atoms. The van der Waals surface area contributed by atoms with Crippen molar-refractivity contribution < 1.29 is 0 Å². The highest BCUT2D eigenvalue weighted by molar-refractivity contribution is 5.93. The van der Waals surface area contributed by atoms with Gasteiger partial charge in [-0.2, -0.15) is 0 Å². The Morgan fingerprint density at radius 2 is 1.61 bits per heavy atom. The molecule has 0 aliphatic heterocycles. The molecule has 0 amide bonds. The molecule has 18 heavy (non-hydrogen) atoms. The van der Waals surface area contributed by atoms with Crippen molar-refractivity contribution in [3.63, 3.8) is 0 Å². The minimum absolute atomic E-state index is 0.140. The van der Waals surface area contributed by atoms with Gasteiger partial charge >= 0.3 is 0 Å². The summed E-state index contributed by atoms with van der Waals surface area (Å²) in [7, 11) is 0. The first-order valence-corrected chi connectivity index (χ1v) is 6.65. The molecular weight excluding hydrogens is 218 g/mol. The van der Waals surface area contributed by atoms with Gasteiger partial charge in [-0.15, -0.1) is 0 Å². The van der Waals surface area contributed by atoms with E-state index in [0.717, 1.165) is 0 Å². The summed E-state index contributed by atoms with van der Waals surface area (Å²) in [5, 5.41) is 1.30. The first-order valence-electron chi connectivity index (χ1n) is 6.65. The number of fused-ring (bicyclic) bond motifs is 3. The van der Waals surface area contributed by atoms with Gasteiger partial charge in [-0.25, -0.2) is 0 Å². The Morgan fingerprint density at radius 1 is 0.944 bits per heavy atom. The van der Waals surface area contributed by atoms with Crippen molar-refractivity contribution >= 4 is 23.1 Å². The van der Waals surface area contributed by atoms with Crippen molar-refractivity contribution in [1.29, 1.82) is 0 Å². The monoisotopic (exact) mass is 239 g/mol. The van der Waals surface area contributed by atoms with Gasteiger partial charge in [0.2, 0.25) is 0 Å². The van der Waals surface area contributed by atoms with Gasteiger partial charge < -0.3 is 4.98 Å². The predicted molar refractivity (Wildman–Crippen MR) is 81.5 cm³/mol. The Morgan fingerprint density at radius 3 is 2.39 bits per heavy atom. The number of hydrogen-bond donors (Lipinski definition) is 1. The van der Waals surface area contributed by atoms with E-state index in [0.29, 0.717) is 0 Å².